The summed E-state index contributed by atoms with van der Waals surface area (Å²) >= 11 is 1.61. The lowest BCUT2D eigenvalue weighted by Gasteiger charge is -2.25. The number of thioether (sulfide) groups is 1. The minimum absolute atomic E-state index is 0.583. The Balaban J connectivity index is 1.50. The Kier molecular flexibility index (Phi) is 4.68. The fourth-order valence-electron chi connectivity index (χ4n) is 2.05. The van der Waals surface area contributed by atoms with Crippen molar-refractivity contribution in [3.05, 3.63) is 30.3 Å². The predicted octanol–water partition coefficient (Wildman–Crippen LogP) is 2.16. The maximum absolute atomic E-state index is 5.66. The SMILES string of the molecule is c1ccc(-c2nnc(SCCN3CCOCC3)o2)cc1. The Morgan fingerprint density at radius 2 is 1.90 bits per heavy atom. The van der Waals surface area contributed by atoms with Gasteiger partial charge in [0.25, 0.3) is 5.22 Å². The van der Waals surface area contributed by atoms with Crippen LogP contribution in [0.15, 0.2) is 40.0 Å². The molecular formula is C14H17N3O2S. The van der Waals surface area contributed by atoms with Crippen LogP contribution < -0.4 is 0 Å². The second-order valence-corrected chi connectivity index (χ2v) is 5.59. The summed E-state index contributed by atoms with van der Waals surface area (Å²) in [4.78, 5) is 2.39. The normalized spacial score (nSPS) is 16.4. The summed E-state index contributed by atoms with van der Waals surface area (Å²) in [5.74, 6) is 1.54. The van der Waals surface area contributed by atoms with Gasteiger partial charge in [0.05, 0.1) is 13.2 Å². The molecule has 2 aromatic rings. The van der Waals surface area contributed by atoms with Crippen LogP contribution in [-0.2, 0) is 4.74 Å². The molecule has 0 aliphatic carbocycles. The minimum Gasteiger partial charge on any atom is -0.411 e. The number of ether oxygens (including phenoxy) is 1. The summed E-state index contributed by atoms with van der Waals surface area (Å²) in [6, 6.07) is 9.83. The van der Waals surface area contributed by atoms with Gasteiger partial charge in [0.15, 0.2) is 0 Å². The molecule has 0 bridgehead atoms. The number of rotatable bonds is 5. The van der Waals surface area contributed by atoms with E-state index in [1.54, 1.807) is 11.8 Å². The van der Waals surface area contributed by atoms with Gasteiger partial charge in [-0.2, -0.15) is 0 Å². The quantitative estimate of drug-likeness (QED) is 0.787. The van der Waals surface area contributed by atoms with Crippen LogP contribution >= 0.6 is 11.8 Å². The monoisotopic (exact) mass is 291 g/mol. The highest BCUT2D eigenvalue weighted by atomic mass is 32.2. The molecule has 0 radical (unpaired) electrons. The third-order valence-corrected chi connectivity index (χ3v) is 3.96. The van der Waals surface area contributed by atoms with Gasteiger partial charge in [0.1, 0.15) is 0 Å². The largest absolute Gasteiger partial charge is 0.411 e. The van der Waals surface area contributed by atoms with Crippen LogP contribution in [0.25, 0.3) is 11.5 Å². The molecule has 0 amide bonds. The highest BCUT2D eigenvalue weighted by Gasteiger charge is 2.12. The van der Waals surface area contributed by atoms with Gasteiger partial charge >= 0.3 is 0 Å². The molecule has 1 aliphatic heterocycles. The zero-order chi connectivity index (χ0) is 13.6. The predicted molar refractivity (Wildman–Crippen MR) is 77.7 cm³/mol. The molecule has 6 heteroatoms. The molecule has 1 aliphatic rings. The van der Waals surface area contributed by atoms with Crippen molar-refractivity contribution >= 4 is 11.8 Å². The number of aromatic nitrogens is 2. The Labute approximate surface area is 122 Å². The highest BCUT2D eigenvalue weighted by Crippen LogP contribution is 2.22. The standard InChI is InChI=1S/C14H17N3O2S/c1-2-4-12(5-3-1)13-15-16-14(19-13)20-11-8-17-6-9-18-10-7-17/h1-5H,6-11H2. The molecule has 0 unspecified atom stereocenters. The van der Waals surface area contributed by atoms with Gasteiger partial charge in [-0.15, -0.1) is 10.2 Å². The number of benzene rings is 1. The fourth-order valence-corrected chi connectivity index (χ4v) is 2.81. The summed E-state index contributed by atoms with van der Waals surface area (Å²) in [7, 11) is 0. The highest BCUT2D eigenvalue weighted by molar-refractivity contribution is 7.99. The zero-order valence-electron chi connectivity index (χ0n) is 11.2. The number of hydrogen-bond donors (Lipinski definition) is 0. The van der Waals surface area contributed by atoms with Crippen molar-refractivity contribution in [1.29, 1.82) is 0 Å². The molecule has 2 heterocycles. The smallest absolute Gasteiger partial charge is 0.276 e. The van der Waals surface area contributed by atoms with Crippen LogP contribution in [-0.4, -0.2) is 53.7 Å². The molecule has 1 fully saturated rings. The van der Waals surface area contributed by atoms with E-state index in [4.69, 9.17) is 9.15 Å². The lowest BCUT2D eigenvalue weighted by Crippen LogP contribution is -2.37. The zero-order valence-corrected chi connectivity index (χ0v) is 12.0. The first-order chi connectivity index (χ1) is 9.92. The maximum Gasteiger partial charge on any atom is 0.276 e. The molecular weight excluding hydrogens is 274 g/mol. The van der Waals surface area contributed by atoms with E-state index in [0.29, 0.717) is 11.1 Å². The van der Waals surface area contributed by atoms with Crippen molar-refractivity contribution in [2.45, 2.75) is 5.22 Å². The van der Waals surface area contributed by atoms with Gasteiger partial charge in [-0.1, -0.05) is 30.0 Å². The third kappa shape index (κ3) is 3.59. The first-order valence-electron chi connectivity index (χ1n) is 6.73. The Morgan fingerprint density at radius 1 is 1.10 bits per heavy atom. The van der Waals surface area contributed by atoms with Crippen molar-refractivity contribution < 1.29 is 9.15 Å². The second kappa shape index (κ2) is 6.88. The van der Waals surface area contributed by atoms with Crippen molar-refractivity contribution in [3.63, 3.8) is 0 Å². The van der Waals surface area contributed by atoms with E-state index >= 15 is 0 Å². The maximum atomic E-state index is 5.66. The minimum atomic E-state index is 0.583. The lowest BCUT2D eigenvalue weighted by atomic mass is 10.2. The number of morpholine rings is 1. The van der Waals surface area contributed by atoms with Gasteiger partial charge in [-0.05, 0) is 12.1 Å². The molecule has 1 saturated heterocycles. The van der Waals surface area contributed by atoms with Gasteiger partial charge in [-0.3, -0.25) is 4.90 Å². The van der Waals surface area contributed by atoms with E-state index < -0.39 is 0 Å². The van der Waals surface area contributed by atoms with Gasteiger partial charge in [-0.25, -0.2) is 0 Å². The van der Waals surface area contributed by atoms with E-state index in [1.165, 1.54) is 0 Å². The lowest BCUT2D eigenvalue weighted by molar-refractivity contribution is 0.0410. The Bertz CT molecular complexity index is 526. The first-order valence-corrected chi connectivity index (χ1v) is 7.72. The van der Waals surface area contributed by atoms with Crippen LogP contribution in [0.5, 0.6) is 0 Å². The van der Waals surface area contributed by atoms with E-state index in [0.717, 1.165) is 44.2 Å². The van der Waals surface area contributed by atoms with Gasteiger partial charge in [0, 0.05) is 31.0 Å². The first kappa shape index (κ1) is 13.6. The molecule has 0 atom stereocenters. The molecule has 0 saturated carbocycles. The molecule has 5 nitrogen and oxygen atoms in total. The molecule has 0 N–H and O–H groups in total. The summed E-state index contributed by atoms with van der Waals surface area (Å²) < 4.78 is 11.0. The van der Waals surface area contributed by atoms with E-state index in [1.807, 2.05) is 30.3 Å². The summed E-state index contributed by atoms with van der Waals surface area (Å²) in [5.41, 5.74) is 0.958. The van der Waals surface area contributed by atoms with Crippen LogP contribution in [0.1, 0.15) is 0 Å². The Morgan fingerprint density at radius 3 is 2.70 bits per heavy atom. The van der Waals surface area contributed by atoms with Crippen LogP contribution in [0, 0.1) is 0 Å². The molecule has 0 spiro atoms. The van der Waals surface area contributed by atoms with Gasteiger partial charge in [0.2, 0.25) is 5.89 Å². The van der Waals surface area contributed by atoms with Crippen molar-refractivity contribution in [2.24, 2.45) is 0 Å². The summed E-state index contributed by atoms with van der Waals surface area (Å²) in [6.07, 6.45) is 0. The number of nitrogens with zero attached hydrogens (tertiary/aromatic N) is 3. The van der Waals surface area contributed by atoms with Crippen LogP contribution in [0.4, 0.5) is 0 Å². The van der Waals surface area contributed by atoms with Crippen molar-refractivity contribution in [2.75, 3.05) is 38.6 Å². The molecule has 1 aromatic carbocycles. The van der Waals surface area contributed by atoms with Crippen molar-refractivity contribution in [1.82, 2.24) is 15.1 Å². The van der Waals surface area contributed by atoms with E-state index in [-0.39, 0.29) is 0 Å². The molecule has 3 rings (SSSR count). The molecule has 106 valence electrons. The van der Waals surface area contributed by atoms with Crippen molar-refractivity contribution in [3.8, 4) is 11.5 Å². The summed E-state index contributed by atoms with van der Waals surface area (Å²) in [6.45, 7) is 4.73. The molecule has 20 heavy (non-hydrogen) atoms. The van der Waals surface area contributed by atoms with Crippen LogP contribution in [0.2, 0.25) is 0 Å². The molecule has 1 aromatic heterocycles. The van der Waals surface area contributed by atoms with Crippen LogP contribution in [0.3, 0.4) is 0 Å². The second-order valence-electron chi connectivity index (χ2n) is 4.54. The van der Waals surface area contributed by atoms with E-state index in [2.05, 4.69) is 15.1 Å². The summed E-state index contributed by atoms with van der Waals surface area (Å²) in [5, 5.41) is 8.80. The third-order valence-electron chi connectivity index (χ3n) is 3.16. The topological polar surface area (TPSA) is 51.4 Å². The average Bonchev–Trinajstić information content (AvgIpc) is 2.98. The fraction of sp³-hybridized carbons (Fsp3) is 0.429. The number of hydrogen-bond acceptors (Lipinski definition) is 6. The van der Waals surface area contributed by atoms with Gasteiger partial charge < -0.3 is 9.15 Å². The van der Waals surface area contributed by atoms with E-state index in [9.17, 15) is 0 Å². The average molecular weight is 291 g/mol. The Hall–Kier alpha value is -1.37.